The zero-order valence-electron chi connectivity index (χ0n) is 6.76. The van der Waals surface area contributed by atoms with Gasteiger partial charge in [0.15, 0.2) is 0 Å². The summed E-state index contributed by atoms with van der Waals surface area (Å²) in [4.78, 5) is 0. The average Bonchev–Trinajstić information content (AvgIpc) is 1.90. The molecule has 0 heterocycles. The molecule has 0 aromatic heterocycles. The van der Waals surface area contributed by atoms with Crippen molar-refractivity contribution in [2.45, 2.75) is 0 Å². The van der Waals surface area contributed by atoms with Crippen molar-refractivity contribution in [1.29, 1.82) is 0 Å². The molecule has 0 radical (unpaired) electrons. The lowest BCUT2D eigenvalue weighted by atomic mass is 10.7. The summed E-state index contributed by atoms with van der Waals surface area (Å²) in [6.45, 7) is 11.1. The first-order valence-electron chi connectivity index (χ1n) is 3.32. The molecule has 11 heavy (non-hydrogen) atoms. The van der Waals surface area contributed by atoms with Gasteiger partial charge in [0.1, 0.15) is 17.3 Å². The normalized spacial score (nSPS) is 8.45. The summed E-state index contributed by atoms with van der Waals surface area (Å²) in [6.07, 6.45) is 5.91. The minimum absolute atomic E-state index is 0. The largest absolute Gasteiger partial charge is 1.00 e. The summed E-state index contributed by atoms with van der Waals surface area (Å²) in [5, 5.41) is 0. The summed E-state index contributed by atoms with van der Waals surface area (Å²) in [5.41, 5.74) is 0. The van der Waals surface area contributed by atoms with Crippen molar-refractivity contribution in [3.8, 4) is 0 Å². The summed E-state index contributed by atoms with van der Waals surface area (Å²) >= 11 is 0. The second kappa shape index (κ2) is 10.3. The minimum Gasteiger partial charge on any atom is -1.00 e. The molecule has 0 bridgehead atoms. The third-order valence-electron chi connectivity index (χ3n) is 1.06. The molecule has 0 aromatic carbocycles. The molecule has 0 fully saturated rings. The van der Waals surface area contributed by atoms with Crippen LogP contribution in [0.2, 0.25) is 0 Å². The predicted molar refractivity (Wildman–Crippen MR) is 52.6 cm³/mol. The second-order valence-electron chi connectivity index (χ2n) is 1.98. The lowest BCUT2D eigenvalue weighted by molar-refractivity contribution is -0.00000213. The van der Waals surface area contributed by atoms with Crippen molar-refractivity contribution in [3.05, 3.63) is 38.0 Å². The van der Waals surface area contributed by atoms with Gasteiger partial charge in [-0.05, 0) is 29.1 Å². The minimum atomic E-state index is 0. The maximum absolute atomic E-state index is 3.70. The molecule has 0 N–H and O–H groups in total. The highest BCUT2D eigenvalue weighted by Gasteiger charge is 2.09. The van der Waals surface area contributed by atoms with E-state index in [4.69, 9.17) is 0 Å². The van der Waals surface area contributed by atoms with Crippen molar-refractivity contribution < 1.29 is 24.0 Å². The predicted octanol–water partition coefficient (Wildman–Crippen LogP) is -0.833. The number of hydrogen-bond donors (Lipinski definition) is 0. The van der Waals surface area contributed by atoms with Gasteiger partial charge in [-0.2, -0.15) is 0 Å². The van der Waals surface area contributed by atoms with Crippen LogP contribution in [0.15, 0.2) is 38.0 Å². The van der Waals surface area contributed by atoms with Gasteiger partial charge in [-0.25, -0.2) is 0 Å². The van der Waals surface area contributed by atoms with E-state index in [-0.39, 0.29) is 24.0 Å². The Morgan fingerprint density at radius 1 is 0.818 bits per heavy atom. The molecule has 0 unspecified atom stereocenters. The van der Waals surface area contributed by atoms with Gasteiger partial charge in [0.2, 0.25) is 0 Å². The standard InChI is InChI=1S/C9H15S.HI/c1-4-7-10(8-5-2)9-6-3;/h4-6H,1-3,7-9H2;1H/q+1;/p-1. The van der Waals surface area contributed by atoms with Crippen molar-refractivity contribution in [2.24, 2.45) is 0 Å². The Balaban J connectivity index is 0. The van der Waals surface area contributed by atoms with Gasteiger partial charge < -0.3 is 24.0 Å². The van der Waals surface area contributed by atoms with Gasteiger partial charge in [0, 0.05) is 0 Å². The maximum atomic E-state index is 3.70. The van der Waals surface area contributed by atoms with E-state index >= 15 is 0 Å². The van der Waals surface area contributed by atoms with Crippen LogP contribution in [0.1, 0.15) is 0 Å². The van der Waals surface area contributed by atoms with E-state index in [1.54, 1.807) is 0 Å². The van der Waals surface area contributed by atoms with Gasteiger partial charge in [0.05, 0.1) is 0 Å². The Morgan fingerprint density at radius 2 is 1.09 bits per heavy atom. The molecule has 2 heteroatoms. The average molecular weight is 282 g/mol. The first-order chi connectivity index (χ1) is 4.85. The van der Waals surface area contributed by atoms with Gasteiger partial charge in [-0.1, -0.05) is 19.7 Å². The van der Waals surface area contributed by atoms with Crippen LogP contribution in [-0.4, -0.2) is 17.3 Å². The van der Waals surface area contributed by atoms with Gasteiger partial charge >= 0.3 is 0 Å². The zero-order chi connectivity index (χ0) is 7.82. The maximum Gasteiger partial charge on any atom is 0.126 e. The molecule has 64 valence electrons. The Morgan fingerprint density at radius 3 is 1.27 bits per heavy atom. The van der Waals surface area contributed by atoms with Crippen LogP contribution < -0.4 is 24.0 Å². The second-order valence-corrected chi connectivity index (χ2v) is 4.20. The SMILES string of the molecule is C=CC[S+](CC=C)CC=C.[I-]. The Kier molecular flexibility index (Phi) is 13.0. The smallest absolute Gasteiger partial charge is 0.126 e. The van der Waals surface area contributed by atoms with E-state index in [0.29, 0.717) is 10.9 Å². The molecule has 0 aromatic rings. The lowest BCUT2D eigenvalue weighted by Gasteiger charge is -1.98. The van der Waals surface area contributed by atoms with E-state index in [0.717, 1.165) is 17.3 Å². The summed E-state index contributed by atoms with van der Waals surface area (Å²) < 4.78 is 0. The van der Waals surface area contributed by atoms with Crippen LogP contribution in [-0.2, 0) is 10.9 Å². The Labute approximate surface area is 89.8 Å². The van der Waals surface area contributed by atoms with Crippen LogP contribution in [0, 0.1) is 0 Å². The third kappa shape index (κ3) is 8.20. The fourth-order valence-electron chi connectivity index (χ4n) is 0.704. The monoisotopic (exact) mass is 282 g/mol. The first-order valence-corrected chi connectivity index (χ1v) is 5.05. The highest BCUT2D eigenvalue weighted by molar-refractivity contribution is 7.97. The molecule has 0 amide bonds. The molecular weight excluding hydrogens is 267 g/mol. The molecule has 0 rings (SSSR count). The quantitative estimate of drug-likeness (QED) is 0.339. The topological polar surface area (TPSA) is 0 Å². The van der Waals surface area contributed by atoms with Crippen LogP contribution in [0.25, 0.3) is 0 Å². The Hall–Kier alpha value is 0.300. The molecule has 0 spiro atoms. The molecular formula is C9H15IS. The van der Waals surface area contributed by atoms with E-state index in [9.17, 15) is 0 Å². The first kappa shape index (κ1) is 13.9. The van der Waals surface area contributed by atoms with Gasteiger partial charge in [-0.3, -0.25) is 0 Å². The van der Waals surface area contributed by atoms with Gasteiger partial charge in [-0.15, -0.1) is 0 Å². The van der Waals surface area contributed by atoms with Crippen LogP contribution >= 0.6 is 0 Å². The zero-order valence-corrected chi connectivity index (χ0v) is 9.73. The fraction of sp³-hybridized carbons (Fsp3) is 0.333. The van der Waals surface area contributed by atoms with Gasteiger partial charge in [0.25, 0.3) is 0 Å². The molecule has 0 aliphatic rings. The van der Waals surface area contributed by atoms with Crippen LogP contribution in [0.5, 0.6) is 0 Å². The molecule has 0 saturated heterocycles. The lowest BCUT2D eigenvalue weighted by Crippen LogP contribution is -3.00. The van der Waals surface area contributed by atoms with E-state index in [1.165, 1.54) is 0 Å². The van der Waals surface area contributed by atoms with Crippen molar-refractivity contribution in [3.63, 3.8) is 0 Å². The van der Waals surface area contributed by atoms with E-state index in [2.05, 4.69) is 19.7 Å². The number of hydrogen-bond acceptors (Lipinski definition) is 0. The summed E-state index contributed by atoms with van der Waals surface area (Å²) in [6, 6.07) is 0. The molecule has 0 aliphatic carbocycles. The number of halogens is 1. The fourth-order valence-corrected chi connectivity index (χ4v) is 2.11. The molecule has 0 saturated carbocycles. The van der Waals surface area contributed by atoms with Crippen molar-refractivity contribution >= 4 is 10.9 Å². The highest BCUT2D eigenvalue weighted by Crippen LogP contribution is 1.97. The van der Waals surface area contributed by atoms with Crippen LogP contribution in [0.4, 0.5) is 0 Å². The molecule has 0 atom stereocenters. The van der Waals surface area contributed by atoms with E-state index < -0.39 is 0 Å². The highest BCUT2D eigenvalue weighted by atomic mass is 127. The summed E-state index contributed by atoms with van der Waals surface area (Å²) in [5.74, 6) is 3.29. The number of rotatable bonds is 6. The third-order valence-corrected chi connectivity index (χ3v) is 3.18. The van der Waals surface area contributed by atoms with E-state index in [1.807, 2.05) is 18.2 Å². The van der Waals surface area contributed by atoms with Crippen LogP contribution in [0.3, 0.4) is 0 Å². The molecule has 0 nitrogen and oxygen atoms in total. The summed E-state index contributed by atoms with van der Waals surface area (Å²) in [7, 11) is 0.421. The Bertz CT molecular complexity index is 97.0. The van der Waals surface area contributed by atoms with Crippen molar-refractivity contribution in [2.75, 3.05) is 17.3 Å². The molecule has 0 aliphatic heterocycles. The van der Waals surface area contributed by atoms with Crippen molar-refractivity contribution in [1.82, 2.24) is 0 Å².